The molecule has 3 rings (SSSR count). The number of amides is 1. The number of hydrogen-bond acceptors (Lipinski definition) is 6. The average molecular weight is 372 g/mol. The third kappa shape index (κ3) is 4.64. The molecule has 0 atom stereocenters. The van der Waals surface area contributed by atoms with Crippen LogP contribution in [-0.2, 0) is 11.3 Å². The van der Waals surface area contributed by atoms with Gasteiger partial charge in [-0.2, -0.15) is 0 Å². The van der Waals surface area contributed by atoms with E-state index in [0.717, 1.165) is 10.9 Å². The summed E-state index contributed by atoms with van der Waals surface area (Å²) in [6, 6.07) is 7.32. The van der Waals surface area contributed by atoms with Gasteiger partial charge in [-0.25, -0.2) is 19.7 Å². The van der Waals surface area contributed by atoms with Gasteiger partial charge in [-0.1, -0.05) is 0 Å². The van der Waals surface area contributed by atoms with Crippen molar-refractivity contribution in [1.82, 2.24) is 25.3 Å². The monoisotopic (exact) mass is 371 g/mol. The lowest BCUT2D eigenvalue weighted by Gasteiger charge is -2.19. The summed E-state index contributed by atoms with van der Waals surface area (Å²) >= 11 is 5.84. The number of nitrogens with zero attached hydrogens (tertiary/aromatic N) is 4. The summed E-state index contributed by atoms with van der Waals surface area (Å²) in [7, 11) is 0. The molecule has 26 heavy (non-hydrogen) atoms. The van der Waals surface area contributed by atoms with Crippen LogP contribution in [0.25, 0.3) is 22.3 Å². The van der Waals surface area contributed by atoms with Crippen LogP contribution in [0.4, 0.5) is 4.79 Å². The Morgan fingerprint density at radius 2 is 1.92 bits per heavy atom. The highest BCUT2D eigenvalue weighted by Gasteiger charge is 2.16. The Bertz CT molecular complexity index is 956. The van der Waals surface area contributed by atoms with Crippen molar-refractivity contribution >= 4 is 28.6 Å². The molecule has 3 heterocycles. The number of ether oxygens (including phenoxy) is 1. The van der Waals surface area contributed by atoms with Crippen LogP contribution in [-0.4, -0.2) is 31.6 Å². The molecule has 0 radical (unpaired) electrons. The van der Waals surface area contributed by atoms with Gasteiger partial charge in [0.05, 0.1) is 29.1 Å². The molecule has 0 unspecified atom stereocenters. The molecule has 0 spiro atoms. The first-order valence-electron chi connectivity index (χ1n) is 8.02. The summed E-state index contributed by atoms with van der Waals surface area (Å²) in [5, 5.41) is 3.74. The molecule has 1 amide bonds. The van der Waals surface area contributed by atoms with E-state index in [2.05, 4.69) is 25.3 Å². The van der Waals surface area contributed by atoms with Crippen molar-refractivity contribution in [1.29, 1.82) is 0 Å². The minimum atomic E-state index is -0.545. The van der Waals surface area contributed by atoms with Crippen LogP contribution in [0.5, 0.6) is 0 Å². The van der Waals surface area contributed by atoms with Crippen molar-refractivity contribution in [2.75, 3.05) is 0 Å². The fourth-order valence-electron chi connectivity index (χ4n) is 2.25. The number of hydrogen-bond donors (Lipinski definition) is 1. The molecule has 0 aliphatic rings. The molecule has 134 valence electrons. The Kier molecular flexibility index (Phi) is 4.99. The van der Waals surface area contributed by atoms with Gasteiger partial charge in [-0.15, -0.1) is 0 Å². The number of carbonyl (C=O) groups is 1. The van der Waals surface area contributed by atoms with E-state index in [0.29, 0.717) is 17.1 Å². The van der Waals surface area contributed by atoms with Crippen LogP contribution < -0.4 is 5.32 Å². The summed E-state index contributed by atoms with van der Waals surface area (Å²) in [5.41, 5.74) is 2.19. The third-order valence-corrected chi connectivity index (χ3v) is 3.51. The number of carbonyl (C=O) groups excluding carboxylic acids is 1. The summed E-state index contributed by atoms with van der Waals surface area (Å²) in [4.78, 5) is 28.7. The minimum Gasteiger partial charge on any atom is -0.444 e. The first-order chi connectivity index (χ1) is 12.3. The normalized spacial score (nSPS) is 11.4. The van der Waals surface area contributed by atoms with E-state index in [1.54, 1.807) is 18.5 Å². The molecule has 3 aromatic heterocycles. The minimum absolute atomic E-state index is 0.168. The summed E-state index contributed by atoms with van der Waals surface area (Å²) in [6.45, 7) is 5.68. The van der Waals surface area contributed by atoms with Crippen LogP contribution in [0.15, 0.2) is 36.7 Å². The highest BCUT2D eigenvalue weighted by molar-refractivity contribution is 6.28. The van der Waals surface area contributed by atoms with E-state index in [-0.39, 0.29) is 11.8 Å². The van der Waals surface area contributed by atoms with Gasteiger partial charge in [0, 0.05) is 17.8 Å². The van der Waals surface area contributed by atoms with Gasteiger partial charge >= 0.3 is 6.09 Å². The van der Waals surface area contributed by atoms with E-state index < -0.39 is 11.7 Å². The lowest BCUT2D eigenvalue weighted by atomic mass is 10.2. The van der Waals surface area contributed by atoms with Crippen LogP contribution in [0.2, 0.25) is 5.28 Å². The van der Waals surface area contributed by atoms with Gasteiger partial charge < -0.3 is 10.1 Å². The molecule has 0 bridgehead atoms. The molecule has 0 aliphatic carbocycles. The van der Waals surface area contributed by atoms with Gasteiger partial charge in [0.1, 0.15) is 5.60 Å². The van der Waals surface area contributed by atoms with Crippen molar-refractivity contribution in [3.63, 3.8) is 0 Å². The Hall–Kier alpha value is -2.80. The first kappa shape index (κ1) is 18.0. The molecular formula is C18H18ClN5O2. The first-order valence-corrected chi connectivity index (χ1v) is 8.39. The largest absolute Gasteiger partial charge is 0.444 e. The maximum absolute atomic E-state index is 11.8. The number of nitrogens with one attached hydrogen (secondary N) is 1. The topological polar surface area (TPSA) is 89.9 Å². The third-order valence-electron chi connectivity index (χ3n) is 3.33. The number of fused-ring (bicyclic) bond motifs is 1. The van der Waals surface area contributed by atoms with E-state index in [4.69, 9.17) is 16.3 Å². The van der Waals surface area contributed by atoms with Gasteiger partial charge in [0.2, 0.25) is 5.28 Å². The zero-order chi connectivity index (χ0) is 18.7. The summed E-state index contributed by atoms with van der Waals surface area (Å²) in [6.07, 6.45) is 2.81. The molecule has 3 aromatic rings. The Balaban J connectivity index is 1.80. The second-order valence-electron chi connectivity index (χ2n) is 6.63. The van der Waals surface area contributed by atoms with Gasteiger partial charge in [-0.3, -0.25) is 4.98 Å². The van der Waals surface area contributed by atoms with Crippen molar-refractivity contribution in [2.24, 2.45) is 0 Å². The summed E-state index contributed by atoms with van der Waals surface area (Å²) < 4.78 is 5.21. The molecular weight excluding hydrogens is 354 g/mol. The van der Waals surface area contributed by atoms with E-state index in [9.17, 15) is 4.79 Å². The van der Waals surface area contributed by atoms with Crippen LogP contribution in [0.3, 0.4) is 0 Å². The van der Waals surface area contributed by atoms with Crippen molar-refractivity contribution in [3.05, 3.63) is 47.6 Å². The van der Waals surface area contributed by atoms with E-state index >= 15 is 0 Å². The fraction of sp³-hybridized carbons (Fsp3) is 0.278. The van der Waals surface area contributed by atoms with Gasteiger partial charge in [0.15, 0.2) is 0 Å². The van der Waals surface area contributed by atoms with Crippen molar-refractivity contribution in [2.45, 2.75) is 32.9 Å². The lowest BCUT2D eigenvalue weighted by Crippen LogP contribution is -2.32. The molecule has 0 aliphatic heterocycles. The molecule has 8 heteroatoms. The molecule has 0 fully saturated rings. The maximum Gasteiger partial charge on any atom is 0.407 e. The standard InChI is InChI=1S/C18H18ClN5O2/c1-18(2,3)26-17(25)22-10-12-8-15-11(9-21-12)4-5-13(23-15)14-6-7-20-16(19)24-14/h4-9H,10H2,1-3H3,(H,22,25). The predicted octanol–water partition coefficient (Wildman–Crippen LogP) is 3.76. The summed E-state index contributed by atoms with van der Waals surface area (Å²) in [5.74, 6) is 0. The Morgan fingerprint density at radius 3 is 2.65 bits per heavy atom. The number of aromatic nitrogens is 4. The molecule has 1 N–H and O–H groups in total. The number of pyridine rings is 2. The smallest absolute Gasteiger partial charge is 0.407 e. The lowest BCUT2D eigenvalue weighted by molar-refractivity contribution is 0.0523. The second kappa shape index (κ2) is 7.21. The van der Waals surface area contributed by atoms with Gasteiger partial charge in [0.25, 0.3) is 0 Å². The highest BCUT2D eigenvalue weighted by Crippen LogP contribution is 2.20. The molecule has 0 saturated carbocycles. The maximum atomic E-state index is 11.8. The fourth-order valence-corrected chi connectivity index (χ4v) is 2.40. The highest BCUT2D eigenvalue weighted by atomic mass is 35.5. The molecule has 7 nitrogen and oxygen atoms in total. The van der Waals surface area contributed by atoms with E-state index in [1.165, 1.54) is 0 Å². The van der Waals surface area contributed by atoms with E-state index in [1.807, 2.05) is 39.0 Å². The molecule has 0 aromatic carbocycles. The van der Waals surface area contributed by atoms with Gasteiger partial charge in [-0.05, 0) is 56.6 Å². The zero-order valence-electron chi connectivity index (χ0n) is 14.7. The predicted molar refractivity (Wildman–Crippen MR) is 98.6 cm³/mol. The second-order valence-corrected chi connectivity index (χ2v) is 6.97. The number of alkyl carbamates (subject to hydrolysis) is 1. The Labute approximate surface area is 155 Å². The van der Waals surface area contributed by atoms with Crippen LogP contribution >= 0.6 is 11.6 Å². The Morgan fingerprint density at radius 1 is 1.15 bits per heavy atom. The number of rotatable bonds is 3. The van der Waals surface area contributed by atoms with Crippen molar-refractivity contribution in [3.8, 4) is 11.4 Å². The molecule has 0 saturated heterocycles. The average Bonchev–Trinajstić information content (AvgIpc) is 2.58. The zero-order valence-corrected chi connectivity index (χ0v) is 15.4. The quantitative estimate of drug-likeness (QED) is 0.705. The van der Waals surface area contributed by atoms with Crippen LogP contribution in [0, 0.1) is 0 Å². The van der Waals surface area contributed by atoms with Crippen molar-refractivity contribution < 1.29 is 9.53 Å². The van der Waals surface area contributed by atoms with Crippen LogP contribution in [0.1, 0.15) is 26.5 Å². The SMILES string of the molecule is CC(C)(C)OC(=O)NCc1cc2nc(-c3ccnc(Cl)n3)ccc2cn1. The number of halogens is 1.